The largest absolute Gasteiger partial charge is 0.390 e. The van der Waals surface area contributed by atoms with E-state index in [1.54, 1.807) is 12.3 Å². The molecule has 1 unspecified atom stereocenters. The molecule has 0 aliphatic carbocycles. The molecule has 2 aliphatic rings. The Kier molecular flexibility index (Phi) is 5.91. The van der Waals surface area contributed by atoms with Crippen LogP contribution in [-0.2, 0) is 16.1 Å². The number of β-amino-alcohol motifs (C(OH)–C–C–N with tert-alkyl or cyclic N) is 1. The lowest BCUT2D eigenvalue weighted by Crippen LogP contribution is -2.37. The molecule has 36 heavy (non-hydrogen) atoms. The van der Waals surface area contributed by atoms with Crippen LogP contribution in [0.25, 0.3) is 33.0 Å². The number of halogens is 1. The molecule has 7 nitrogen and oxygen atoms in total. The number of benzene rings is 2. The van der Waals surface area contributed by atoms with Crippen molar-refractivity contribution in [2.24, 2.45) is 0 Å². The Hall–Kier alpha value is -3.39. The van der Waals surface area contributed by atoms with Crippen molar-refractivity contribution in [3.63, 3.8) is 0 Å². The number of aromatic amines is 1. The Balaban J connectivity index is 1.47. The topological polar surface area (TPSA) is 90.4 Å². The maximum Gasteiger partial charge on any atom is 0.259 e. The van der Waals surface area contributed by atoms with Crippen molar-refractivity contribution in [1.29, 1.82) is 0 Å². The number of nitrogens with one attached hydrogen (secondary N) is 2. The van der Waals surface area contributed by atoms with Crippen LogP contribution in [-0.4, -0.2) is 57.1 Å². The van der Waals surface area contributed by atoms with Gasteiger partial charge in [0.1, 0.15) is 0 Å². The minimum absolute atomic E-state index is 0.298. The highest BCUT2D eigenvalue weighted by atomic mass is 35.5. The van der Waals surface area contributed by atoms with E-state index < -0.39 is 17.9 Å². The van der Waals surface area contributed by atoms with Crippen molar-refractivity contribution in [3.05, 3.63) is 71.0 Å². The minimum atomic E-state index is -0.577. The molecule has 8 heteroatoms. The van der Waals surface area contributed by atoms with Gasteiger partial charge in [-0.05, 0) is 44.1 Å². The molecule has 1 fully saturated rings. The van der Waals surface area contributed by atoms with Crippen LogP contribution in [0.3, 0.4) is 0 Å². The van der Waals surface area contributed by atoms with Gasteiger partial charge in [-0.15, -0.1) is 0 Å². The van der Waals surface area contributed by atoms with Crippen LogP contribution in [0.15, 0.2) is 54.9 Å². The third-order valence-corrected chi connectivity index (χ3v) is 7.55. The van der Waals surface area contributed by atoms with Gasteiger partial charge in [0.15, 0.2) is 0 Å². The van der Waals surface area contributed by atoms with Crippen LogP contribution in [0.2, 0.25) is 5.02 Å². The number of aromatic nitrogens is 2. The lowest BCUT2D eigenvalue weighted by molar-refractivity contribution is -0.122. The molecular formula is C28H27ClN4O3. The molecule has 4 heterocycles. The first-order valence-electron chi connectivity index (χ1n) is 12.4. The molecule has 1 saturated heterocycles. The second-order valence-electron chi connectivity index (χ2n) is 9.63. The zero-order chi connectivity index (χ0) is 24.8. The summed E-state index contributed by atoms with van der Waals surface area (Å²) < 4.78 is 1.95. The number of H-pyrrole nitrogens is 1. The van der Waals surface area contributed by atoms with E-state index in [4.69, 9.17) is 11.6 Å². The minimum Gasteiger partial charge on any atom is -0.390 e. The van der Waals surface area contributed by atoms with Crippen molar-refractivity contribution in [3.8, 4) is 0 Å². The molecule has 1 atom stereocenters. The first-order valence-corrected chi connectivity index (χ1v) is 12.7. The van der Waals surface area contributed by atoms with Gasteiger partial charge in [-0.3, -0.25) is 14.9 Å². The molecule has 4 aromatic rings. The molecule has 184 valence electrons. The molecule has 0 radical (unpaired) electrons. The van der Waals surface area contributed by atoms with E-state index in [0.717, 1.165) is 42.4 Å². The van der Waals surface area contributed by atoms with Crippen LogP contribution in [0.5, 0.6) is 0 Å². The molecule has 2 aromatic heterocycles. The van der Waals surface area contributed by atoms with E-state index in [9.17, 15) is 14.7 Å². The molecule has 2 aromatic carbocycles. The third kappa shape index (κ3) is 3.93. The van der Waals surface area contributed by atoms with Gasteiger partial charge in [-0.2, -0.15) is 0 Å². The van der Waals surface area contributed by atoms with Crippen LogP contribution in [0.4, 0.5) is 0 Å². The normalized spacial score (nSPS) is 17.9. The van der Waals surface area contributed by atoms with Gasteiger partial charge in [0.2, 0.25) is 0 Å². The molecule has 0 spiro atoms. The number of rotatable bonds is 6. The number of amides is 2. The van der Waals surface area contributed by atoms with E-state index >= 15 is 0 Å². The Morgan fingerprint density at radius 3 is 2.47 bits per heavy atom. The number of nitrogens with zero attached hydrogens (tertiary/aromatic N) is 2. The fraction of sp³-hybridized carbons (Fsp3) is 0.286. The quantitative estimate of drug-likeness (QED) is 0.345. The van der Waals surface area contributed by atoms with E-state index in [1.165, 1.54) is 6.42 Å². The van der Waals surface area contributed by atoms with Gasteiger partial charge in [0, 0.05) is 52.9 Å². The maximum atomic E-state index is 13.2. The first-order chi connectivity index (χ1) is 17.5. The standard InChI is InChI=1S/C28H27ClN4O3/c29-21-8-6-10-23-24(21)20(16-33(23)15-17(34)14-32-11-4-1-5-12-32)26-25(27(35)31-28(26)36)19-13-30-22-9-3-2-7-18(19)22/h2-3,6-10,13,16-17,30,34H,1,4-5,11-12,14-15H2,(H,31,35,36). The summed E-state index contributed by atoms with van der Waals surface area (Å²) in [5, 5.41) is 15.5. The van der Waals surface area contributed by atoms with E-state index in [2.05, 4.69) is 15.2 Å². The van der Waals surface area contributed by atoms with Crippen molar-refractivity contribution in [2.45, 2.75) is 31.9 Å². The number of likely N-dealkylation sites (tertiary alicyclic amines) is 1. The highest BCUT2D eigenvalue weighted by Crippen LogP contribution is 2.40. The zero-order valence-corrected chi connectivity index (χ0v) is 20.5. The highest BCUT2D eigenvalue weighted by molar-refractivity contribution is 6.51. The van der Waals surface area contributed by atoms with Crippen LogP contribution in [0.1, 0.15) is 30.4 Å². The number of hydrogen-bond donors (Lipinski definition) is 3. The Bertz CT molecular complexity index is 1530. The number of aliphatic hydroxyl groups excluding tert-OH is 1. The fourth-order valence-electron chi connectivity index (χ4n) is 5.62. The van der Waals surface area contributed by atoms with Crippen LogP contribution in [0, 0.1) is 0 Å². The molecule has 6 rings (SSSR count). The number of aliphatic hydroxyl groups is 1. The maximum absolute atomic E-state index is 13.2. The lowest BCUT2D eigenvalue weighted by Gasteiger charge is -2.28. The summed E-state index contributed by atoms with van der Waals surface area (Å²) in [6, 6.07) is 13.2. The number of para-hydroxylation sites is 1. The second kappa shape index (κ2) is 9.24. The molecule has 0 saturated carbocycles. The zero-order valence-electron chi connectivity index (χ0n) is 19.8. The van der Waals surface area contributed by atoms with Crippen molar-refractivity contribution < 1.29 is 14.7 Å². The number of piperidine rings is 1. The van der Waals surface area contributed by atoms with E-state index in [-0.39, 0.29) is 0 Å². The highest BCUT2D eigenvalue weighted by Gasteiger charge is 2.35. The smallest absolute Gasteiger partial charge is 0.259 e. The number of fused-ring (bicyclic) bond motifs is 2. The van der Waals surface area contributed by atoms with Gasteiger partial charge < -0.3 is 19.6 Å². The summed E-state index contributed by atoms with van der Waals surface area (Å²) in [4.78, 5) is 31.7. The van der Waals surface area contributed by atoms with Crippen LogP contribution >= 0.6 is 11.6 Å². The summed E-state index contributed by atoms with van der Waals surface area (Å²) in [6.07, 6.45) is 6.59. The number of carbonyl (C=O) groups excluding carboxylic acids is 2. The van der Waals surface area contributed by atoms with Crippen molar-refractivity contribution >= 4 is 56.4 Å². The van der Waals surface area contributed by atoms with Gasteiger partial charge in [-0.1, -0.05) is 42.3 Å². The Morgan fingerprint density at radius 2 is 1.67 bits per heavy atom. The lowest BCUT2D eigenvalue weighted by atomic mass is 9.95. The van der Waals surface area contributed by atoms with E-state index in [0.29, 0.717) is 45.8 Å². The van der Waals surface area contributed by atoms with Crippen molar-refractivity contribution in [1.82, 2.24) is 19.8 Å². The number of hydrogen-bond acceptors (Lipinski definition) is 4. The van der Waals surface area contributed by atoms with Gasteiger partial charge in [0.05, 0.1) is 27.8 Å². The summed E-state index contributed by atoms with van der Waals surface area (Å²) in [5.41, 5.74) is 3.57. The average molecular weight is 503 g/mol. The molecule has 2 aliphatic heterocycles. The van der Waals surface area contributed by atoms with Gasteiger partial charge >= 0.3 is 0 Å². The molecular weight excluding hydrogens is 476 g/mol. The summed E-state index contributed by atoms with van der Waals surface area (Å²) in [7, 11) is 0. The molecule has 3 N–H and O–H groups in total. The van der Waals surface area contributed by atoms with Gasteiger partial charge in [-0.25, -0.2) is 0 Å². The van der Waals surface area contributed by atoms with Gasteiger partial charge in [0.25, 0.3) is 11.8 Å². The van der Waals surface area contributed by atoms with Crippen LogP contribution < -0.4 is 5.32 Å². The summed E-state index contributed by atoms with van der Waals surface area (Å²) >= 11 is 6.67. The Morgan fingerprint density at radius 1 is 0.917 bits per heavy atom. The monoisotopic (exact) mass is 502 g/mol. The second-order valence-corrected chi connectivity index (χ2v) is 10.0. The predicted octanol–water partition coefficient (Wildman–Crippen LogP) is 4.19. The van der Waals surface area contributed by atoms with Crippen molar-refractivity contribution in [2.75, 3.05) is 19.6 Å². The predicted molar refractivity (Wildman–Crippen MR) is 142 cm³/mol. The Labute approximate surface area is 213 Å². The SMILES string of the molecule is O=C1NC(=O)C(c2cn(CC(O)CN3CCCCC3)c3cccc(Cl)c23)=C1c1c[nH]c2ccccc12. The number of carbonyl (C=O) groups is 2. The third-order valence-electron chi connectivity index (χ3n) is 7.24. The molecule has 0 bridgehead atoms. The summed E-state index contributed by atoms with van der Waals surface area (Å²) in [6.45, 7) is 2.96. The summed E-state index contributed by atoms with van der Waals surface area (Å²) in [5.74, 6) is -0.883. The first kappa shape index (κ1) is 23.0. The number of imide groups is 1. The average Bonchev–Trinajstić information content (AvgIpc) is 3.53. The molecule has 2 amide bonds. The van der Waals surface area contributed by atoms with E-state index in [1.807, 2.05) is 47.2 Å². The fourth-order valence-corrected chi connectivity index (χ4v) is 5.89.